The van der Waals surface area contributed by atoms with E-state index in [-0.39, 0.29) is 24.8 Å². The van der Waals surface area contributed by atoms with Crippen LogP contribution in [0.15, 0.2) is 36.8 Å². The Labute approximate surface area is 170 Å². The number of nitrogens with zero attached hydrogens (tertiary/aromatic N) is 5. The zero-order chi connectivity index (χ0) is 17.1. The minimum Gasteiger partial charge on any atom is -0.494 e. The zero-order valence-corrected chi connectivity index (χ0v) is 16.8. The first kappa shape index (κ1) is 21.2. The number of halogens is 2. The smallest absolute Gasteiger partial charge is 0.163 e. The Morgan fingerprint density at radius 1 is 1.15 bits per heavy atom. The second-order valence-electron chi connectivity index (χ2n) is 6.05. The molecule has 4 rings (SSSR count). The number of anilines is 1. The quantitative estimate of drug-likeness (QED) is 0.696. The largest absolute Gasteiger partial charge is 0.494 e. The number of nitrogens with one attached hydrogen (secondary N) is 1. The first-order valence-corrected chi connectivity index (χ1v) is 8.69. The van der Waals surface area contributed by atoms with Crippen molar-refractivity contribution in [2.24, 2.45) is 0 Å². The number of fused-ring (bicyclic) bond motifs is 1. The fraction of sp³-hybridized carbons (Fsp3) is 0.389. The van der Waals surface area contributed by atoms with Gasteiger partial charge in [-0.05, 0) is 24.6 Å². The summed E-state index contributed by atoms with van der Waals surface area (Å²) in [5, 5.41) is 8.93. The van der Waals surface area contributed by atoms with Gasteiger partial charge in [0.15, 0.2) is 5.65 Å². The molecule has 27 heavy (non-hydrogen) atoms. The van der Waals surface area contributed by atoms with Gasteiger partial charge in [0.25, 0.3) is 0 Å². The van der Waals surface area contributed by atoms with Gasteiger partial charge >= 0.3 is 0 Å². The predicted molar refractivity (Wildman–Crippen MR) is 112 cm³/mol. The SMILES string of the molecule is CCOc1cccc(Cn2ncc3c(N4CCNCC4)ncnc32)c1.Cl.Cl. The van der Waals surface area contributed by atoms with Crippen LogP contribution in [0.25, 0.3) is 11.0 Å². The summed E-state index contributed by atoms with van der Waals surface area (Å²) in [7, 11) is 0. The van der Waals surface area contributed by atoms with Crippen LogP contribution in [-0.4, -0.2) is 52.5 Å². The van der Waals surface area contributed by atoms with E-state index in [1.54, 1.807) is 6.33 Å². The lowest BCUT2D eigenvalue weighted by molar-refractivity contribution is 0.340. The standard InChI is InChI=1S/C18H22N6O.2ClH/c1-2-25-15-5-3-4-14(10-15)12-24-18-16(11-22-24)17(20-13-21-18)23-8-6-19-7-9-23;;/h3-5,10-11,13,19H,2,6-9,12H2,1H3;2*1H. The Morgan fingerprint density at radius 2 is 1.96 bits per heavy atom. The zero-order valence-electron chi connectivity index (χ0n) is 15.2. The molecule has 1 aliphatic rings. The molecule has 3 heterocycles. The van der Waals surface area contributed by atoms with Crippen LogP contribution >= 0.6 is 24.8 Å². The number of ether oxygens (including phenoxy) is 1. The Bertz CT molecular complexity index is 866. The highest BCUT2D eigenvalue weighted by molar-refractivity contribution is 5.86. The summed E-state index contributed by atoms with van der Waals surface area (Å²) in [5.74, 6) is 1.86. The summed E-state index contributed by atoms with van der Waals surface area (Å²) < 4.78 is 7.51. The lowest BCUT2D eigenvalue weighted by Crippen LogP contribution is -2.44. The molecule has 2 aromatic heterocycles. The summed E-state index contributed by atoms with van der Waals surface area (Å²) >= 11 is 0. The molecule has 0 radical (unpaired) electrons. The van der Waals surface area contributed by atoms with Gasteiger partial charge < -0.3 is 15.0 Å². The van der Waals surface area contributed by atoms with E-state index >= 15 is 0 Å². The van der Waals surface area contributed by atoms with Crippen LogP contribution in [0.3, 0.4) is 0 Å². The van der Waals surface area contributed by atoms with Crippen molar-refractivity contribution in [1.29, 1.82) is 0 Å². The normalized spacial score (nSPS) is 13.7. The molecule has 1 N–H and O–H groups in total. The van der Waals surface area contributed by atoms with Crippen LogP contribution in [0, 0.1) is 0 Å². The average molecular weight is 411 g/mol. The Kier molecular flexibility index (Phi) is 7.65. The minimum absolute atomic E-state index is 0. The van der Waals surface area contributed by atoms with Gasteiger partial charge in [-0.1, -0.05) is 12.1 Å². The third-order valence-corrected chi connectivity index (χ3v) is 4.37. The van der Waals surface area contributed by atoms with Crippen molar-refractivity contribution in [3.8, 4) is 5.75 Å². The molecule has 0 aliphatic carbocycles. The van der Waals surface area contributed by atoms with Gasteiger partial charge in [-0.15, -0.1) is 24.8 Å². The number of hydrogen-bond donors (Lipinski definition) is 1. The second kappa shape index (κ2) is 9.73. The van der Waals surface area contributed by atoms with Crippen molar-refractivity contribution in [1.82, 2.24) is 25.1 Å². The number of benzene rings is 1. The van der Waals surface area contributed by atoms with E-state index in [9.17, 15) is 0 Å². The molecule has 0 unspecified atom stereocenters. The van der Waals surface area contributed by atoms with E-state index in [0.717, 1.165) is 54.3 Å². The summed E-state index contributed by atoms with van der Waals surface area (Å²) in [6.07, 6.45) is 3.51. The average Bonchev–Trinajstić information content (AvgIpc) is 3.06. The molecule has 1 aromatic carbocycles. The molecule has 0 atom stereocenters. The van der Waals surface area contributed by atoms with Gasteiger partial charge in [0, 0.05) is 26.2 Å². The van der Waals surface area contributed by atoms with Crippen molar-refractivity contribution >= 4 is 41.7 Å². The van der Waals surface area contributed by atoms with Crippen molar-refractivity contribution < 1.29 is 4.74 Å². The molecule has 7 nitrogen and oxygen atoms in total. The highest BCUT2D eigenvalue weighted by Crippen LogP contribution is 2.24. The minimum atomic E-state index is 0. The first-order chi connectivity index (χ1) is 12.3. The molecular formula is C18H24Cl2N6O. The molecular weight excluding hydrogens is 387 g/mol. The van der Waals surface area contributed by atoms with Crippen LogP contribution in [0.1, 0.15) is 12.5 Å². The Hall–Kier alpha value is -2.09. The number of hydrogen-bond acceptors (Lipinski definition) is 6. The Morgan fingerprint density at radius 3 is 2.74 bits per heavy atom. The molecule has 1 aliphatic heterocycles. The summed E-state index contributed by atoms with van der Waals surface area (Å²) in [4.78, 5) is 11.3. The van der Waals surface area contributed by atoms with Gasteiger partial charge in [-0.2, -0.15) is 5.10 Å². The maximum atomic E-state index is 5.58. The highest BCUT2D eigenvalue weighted by Gasteiger charge is 2.17. The molecule has 1 saturated heterocycles. The van der Waals surface area contributed by atoms with Gasteiger partial charge in [-0.3, -0.25) is 0 Å². The van der Waals surface area contributed by atoms with E-state index in [4.69, 9.17) is 4.74 Å². The van der Waals surface area contributed by atoms with E-state index < -0.39 is 0 Å². The molecule has 0 saturated carbocycles. The fourth-order valence-electron chi connectivity index (χ4n) is 3.20. The van der Waals surface area contributed by atoms with E-state index in [0.29, 0.717) is 13.2 Å². The molecule has 146 valence electrons. The van der Waals surface area contributed by atoms with Gasteiger partial charge in [-0.25, -0.2) is 14.6 Å². The molecule has 3 aromatic rings. The fourth-order valence-corrected chi connectivity index (χ4v) is 3.20. The van der Waals surface area contributed by atoms with Gasteiger partial charge in [0.2, 0.25) is 0 Å². The third kappa shape index (κ3) is 4.61. The summed E-state index contributed by atoms with van der Waals surface area (Å²) in [6, 6.07) is 8.11. The van der Waals surface area contributed by atoms with E-state index in [2.05, 4.69) is 37.4 Å². The molecule has 0 bridgehead atoms. The topological polar surface area (TPSA) is 68.1 Å². The van der Waals surface area contributed by atoms with Crippen LogP contribution in [0.4, 0.5) is 5.82 Å². The number of rotatable bonds is 5. The number of piperazine rings is 1. The van der Waals surface area contributed by atoms with Crippen molar-refractivity contribution in [2.45, 2.75) is 13.5 Å². The third-order valence-electron chi connectivity index (χ3n) is 4.37. The monoisotopic (exact) mass is 410 g/mol. The number of aromatic nitrogens is 4. The maximum absolute atomic E-state index is 5.58. The summed E-state index contributed by atoms with van der Waals surface area (Å²) in [5.41, 5.74) is 2.00. The van der Waals surface area contributed by atoms with Crippen LogP contribution in [-0.2, 0) is 6.54 Å². The lowest BCUT2D eigenvalue weighted by Gasteiger charge is -2.28. The maximum Gasteiger partial charge on any atom is 0.163 e. The van der Waals surface area contributed by atoms with Gasteiger partial charge in [0.05, 0.1) is 24.7 Å². The lowest BCUT2D eigenvalue weighted by atomic mass is 10.2. The van der Waals surface area contributed by atoms with Crippen LogP contribution in [0.2, 0.25) is 0 Å². The predicted octanol–water partition coefficient (Wildman–Crippen LogP) is 2.53. The highest BCUT2D eigenvalue weighted by atomic mass is 35.5. The van der Waals surface area contributed by atoms with Crippen LogP contribution < -0.4 is 15.0 Å². The van der Waals surface area contributed by atoms with Gasteiger partial charge in [0.1, 0.15) is 17.9 Å². The van der Waals surface area contributed by atoms with E-state index in [1.165, 1.54) is 0 Å². The van der Waals surface area contributed by atoms with E-state index in [1.807, 2.05) is 29.9 Å². The summed E-state index contributed by atoms with van der Waals surface area (Å²) in [6.45, 7) is 7.16. The Balaban J connectivity index is 0.00000131. The first-order valence-electron chi connectivity index (χ1n) is 8.69. The molecule has 9 heteroatoms. The molecule has 1 fully saturated rings. The molecule has 0 spiro atoms. The van der Waals surface area contributed by atoms with Crippen molar-refractivity contribution in [2.75, 3.05) is 37.7 Å². The van der Waals surface area contributed by atoms with Crippen molar-refractivity contribution in [3.05, 3.63) is 42.4 Å². The molecule has 0 amide bonds. The van der Waals surface area contributed by atoms with Crippen molar-refractivity contribution in [3.63, 3.8) is 0 Å². The van der Waals surface area contributed by atoms with Crippen LogP contribution in [0.5, 0.6) is 5.75 Å². The second-order valence-corrected chi connectivity index (χ2v) is 6.05.